The zero-order chi connectivity index (χ0) is 23.7. The Kier molecular flexibility index (Phi) is 14.4. The summed E-state index contributed by atoms with van der Waals surface area (Å²) in [4.78, 5) is 0. The van der Waals surface area contributed by atoms with Crippen molar-refractivity contribution in [3.8, 4) is 0 Å². The van der Waals surface area contributed by atoms with Gasteiger partial charge in [0, 0.05) is 0 Å². The van der Waals surface area contributed by atoms with Crippen LogP contribution >= 0.6 is 0 Å². The van der Waals surface area contributed by atoms with Crippen LogP contribution in [0.5, 0.6) is 0 Å². The average molecular weight is 546 g/mol. The molecule has 0 bridgehead atoms. The molecular weight excluding hydrogens is 526 g/mol. The summed E-state index contributed by atoms with van der Waals surface area (Å²) >= 11 is 0. The molecule has 2 aliphatic heterocycles. The number of ether oxygens (including phenoxy) is 3. The molecule has 0 unspecified atom stereocenters. The molecule has 6 N–H and O–H groups in total. The number of hydrogen-bond donors (Lipinski definition) is 6. The minimum atomic E-state index is -5.25. The monoisotopic (exact) mass is 546 g/mol. The van der Waals surface area contributed by atoms with Crippen LogP contribution in [0, 0.1) is 0 Å². The van der Waals surface area contributed by atoms with E-state index in [0.29, 0.717) is 0 Å². The van der Waals surface area contributed by atoms with Crippen LogP contribution in [0.3, 0.4) is 0 Å². The molecule has 0 aromatic carbocycles. The summed E-state index contributed by atoms with van der Waals surface area (Å²) in [6.45, 7) is -2.23. The largest absolute Gasteiger partial charge is 1.00 e. The second-order valence-electron chi connectivity index (χ2n) is 6.55. The van der Waals surface area contributed by atoms with E-state index in [4.69, 9.17) is 14.2 Å². The zero-order valence-corrected chi connectivity index (χ0v) is 22.8. The standard InChI is InChI=1S/C12H22O17S2.2Na/c13-5-3(1-25-30(19,20)21)28-12(9(17)6(5)14)29-10-4(2-26-31(22,23)24)27-11(18)8(16)7(10)15;;/h3-18H,1-2H2,(H,19,20,21)(H,22,23,24);;/q;2*+1/p-2/t3-,4-,5-,6+,7-,8-,9-,10-,11-,12-;;/m1../s1. The van der Waals surface area contributed by atoms with Crippen LogP contribution in [-0.4, -0.2) is 131 Å². The maximum atomic E-state index is 10.7. The smallest absolute Gasteiger partial charge is 0.726 e. The Morgan fingerprint density at radius 2 is 1.15 bits per heavy atom. The first kappa shape index (κ1) is 34.4. The summed E-state index contributed by atoms with van der Waals surface area (Å²) in [5.41, 5.74) is 0. The zero-order valence-electron chi connectivity index (χ0n) is 17.2. The normalized spacial score (nSPS) is 39.9. The molecule has 33 heavy (non-hydrogen) atoms. The fraction of sp³-hybridized carbons (Fsp3) is 1.00. The Morgan fingerprint density at radius 3 is 1.64 bits per heavy atom. The van der Waals surface area contributed by atoms with E-state index in [1.54, 1.807) is 0 Å². The summed E-state index contributed by atoms with van der Waals surface area (Å²) < 4.78 is 86.7. The van der Waals surface area contributed by atoms with E-state index in [1.807, 2.05) is 0 Å². The predicted octanol–water partition coefficient (Wildman–Crippen LogP) is -12.4. The van der Waals surface area contributed by atoms with E-state index in [9.17, 15) is 56.6 Å². The van der Waals surface area contributed by atoms with Gasteiger partial charge in [-0.2, -0.15) is 0 Å². The van der Waals surface area contributed by atoms with Crippen LogP contribution in [0.1, 0.15) is 0 Å². The van der Waals surface area contributed by atoms with E-state index in [1.165, 1.54) is 0 Å². The third-order valence-electron chi connectivity index (χ3n) is 4.37. The van der Waals surface area contributed by atoms with E-state index in [2.05, 4.69) is 8.37 Å². The number of aliphatic hydroxyl groups is 6. The molecule has 184 valence electrons. The van der Waals surface area contributed by atoms with Gasteiger partial charge in [0.2, 0.25) is 20.8 Å². The molecule has 2 saturated heterocycles. The minimum absolute atomic E-state index is 0. The molecule has 0 aromatic rings. The molecule has 0 amide bonds. The Hall–Kier alpha value is 1.38. The van der Waals surface area contributed by atoms with E-state index < -0.39 is 95.4 Å². The molecule has 10 atom stereocenters. The van der Waals surface area contributed by atoms with Gasteiger partial charge in [-0.3, -0.25) is 8.37 Å². The van der Waals surface area contributed by atoms with Crippen molar-refractivity contribution in [1.29, 1.82) is 0 Å². The maximum Gasteiger partial charge on any atom is 1.00 e. The summed E-state index contributed by atoms with van der Waals surface area (Å²) in [6.07, 6.45) is -19.5. The molecule has 2 heterocycles. The Morgan fingerprint density at radius 1 is 0.667 bits per heavy atom. The molecule has 21 heteroatoms. The van der Waals surface area contributed by atoms with Crippen LogP contribution in [0.15, 0.2) is 0 Å². The third kappa shape index (κ3) is 9.98. The van der Waals surface area contributed by atoms with Crippen molar-refractivity contribution in [2.45, 2.75) is 61.4 Å². The third-order valence-corrected chi connectivity index (χ3v) is 5.22. The number of rotatable bonds is 8. The van der Waals surface area contributed by atoms with Crippen molar-refractivity contribution in [3.63, 3.8) is 0 Å². The van der Waals surface area contributed by atoms with Crippen molar-refractivity contribution >= 4 is 20.8 Å². The van der Waals surface area contributed by atoms with Crippen LogP contribution in [0.2, 0.25) is 0 Å². The van der Waals surface area contributed by atoms with Crippen molar-refractivity contribution in [3.05, 3.63) is 0 Å². The molecule has 2 fully saturated rings. The predicted molar refractivity (Wildman–Crippen MR) is 85.7 cm³/mol. The topological polar surface area (TPSA) is 282 Å². The van der Waals surface area contributed by atoms with Gasteiger partial charge < -0.3 is 54.0 Å². The minimum Gasteiger partial charge on any atom is -0.726 e. The summed E-state index contributed by atoms with van der Waals surface area (Å²) in [5.74, 6) is 0. The van der Waals surface area contributed by atoms with Gasteiger partial charge in [0.15, 0.2) is 12.6 Å². The maximum absolute atomic E-state index is 10.7. The van der Waals surface area contributed by atoms with Crippen molar-refractivity contribution in [1.82, 2.24) is 0 Å². The molecule has 0 aromatic heterocycles. The quantitative estimate of drug-likeness (QED) is 0.0935. The number of hydrogen-bond acceptors (Lipinski definition) is 17. The summed E-state index contributed by atoms with van der Waals surface area (Å²) in [6, 6.07) is 0. The summed E-state index contributed by atoms with van der Waals surface area (Å²) in [5, 5.41) is 59.2. The average Bonchev–Trinajstić information content (AvgIpc) is 2.64. The second kappa shape index (κ2) is 13.8. The van der Waals surface area contributed by atoms with Gasteiger partial charge in [-0.15, -0.1) is 0 Å². The fourth-order valence-electron chi connectivity index (χ4n) is 2.84. The molecule has 0 saturated carbocycles. The van der Waals surface area contributed by atoms with Crippen molar-refractivity contribution in [2.24, 2.45) is 0 Å². The first-order valence-corrected chi connectivity index (χ1v) is 11.0. The second-order valence-corrected chi connectivity index (χ2v) is 8.65. The molecule has 2 rings (SSSR count). The van der Waals surface area contributed by atoms with Crippen molar-refractivity contribution < 1.29 is 138 Å². The Labute approximate surface area is 232 Å². The van der Waals surface area contributed by atoms with Crippen LogP contribution in [0.4, 0.5) is 0 Å². The van der Waals surface area contributed by atoms with Crippen LogP contribution < -0.4 is 59.1 Å². The van der Waals surface area contributed by atoms with Gasteiger partial charge in [-0.25, -0.2) is 16.8 Å². The van der Waals surface area contributed by atoms with Crippen LogP contribution in [-0.2, 0) is 43.4 Å². The molecular formula is C12H20Na2O17S2. The Bertz CT molecular complexity index is 811. The summed E-state index contributed by atoms with van der Waals surface area (Å²) in [7, 11) is -10.5. The molecule has 0 spiro atoms. The van der Waals surface area contributed by atoms with Gasteiger partial charge in [0.25, 0.3) is 0 Å². The SMILES string of the molecule is O=S(=O)([O-])OC[C@H]1O[C@H](O[C@H]2[C@H](O)[C@@H](O)[C@H](O)O[C@@H]2COS(=O)(=O)[O-])[C@H](O)[C@@H](O)[C@@H]1O.[Na+].[Na+]. The molecule has 17 nitrogen and oxygen atoms in total. The van der Waals surface area contributed by atoms with Gasteiger partial charge in [0.1, 0.15) is 48.8 Å². The van der Waals surface area contributed by atoms with Crippen molar-refractivity contribution in [2.75, 3.05) is 13.2 Å². The van der Waals surface area contributed by atoms with Gasteiger partial charge in [-0.05, 0) is 0 Å². The van der Waals surface area contributed by atoms with E-state index in [-0.39, 0.29) is 59.1 Å². The molecule has 2 aliphatic rings. The Balaban J connectivity index is 0.00000512. The first-order chi connectivity index (χ1) is 14.1. The first-order valence-electron chi connectivity index (χ1n) is 8.36. The van der Waals surface area contributed by atoms with Crippen LogP contribution in [0.25, 0.3) is 0 Å². The van der Waals surface area contributed by atoms with Gasteiger partial charge in [-0.1, -0.05) is 0 Å². The number of aliphatic hydroxyl groups excluding tert-OH is 6. The van der Waals surface area contributed by atoms with Gasteiger partial charge in [0.05, 0.1) is 13.2 Å². The molecule has 0 aliphatic carbocycles. The van der Waals surface area contributed by atoms with E-state index in [0.717, 1.165) is 0 Å². The van der Waals surface area contributed by atoms with E-state index >= 15 is 0 Å². The molecule has 0 radical (unpaired) electrons. The van der Waals surface area contributed by atoms with Gasteiger partial charge >= 0.3 is 59.1 Å². The fourth-order valence-corrected chi connectivity index (χ4v) is 3.45.